The molecule has 0 bridgehead atoms. The molecule has 0 amide bonds. The van der Waals surface area contributed by atoms with E-state index in [0.29, 0.717) is 17.4 Å². The van der Waals surface area contributed by atoms with E-state index in [0.717, 1.165) is 53.7 Å². The molecule has 1 saturated carbocycles. The standard InChI is InChI=1S/C24H25FN4O/c1-14-3-10-23-26-22(13-29(23)28-14)15(2)16-4-6-17(7-5-16)19-12-24(30)27-21-9-8-18(25)11-20(19)21/h3,8-13,15-17H,4-7H2,1-2H3,(H,27,30)/t15-,16?,17?/m1/s1. The number of nitrogens with zero attached hydrogens (tertiary/aromatic N) is 3. The van der Waals surface area contributed by atoms with Gasteiger partial charge in [0.25, 0.3) is 0 Å². The predicted octanol–water partition coefficient (Wildman–Crippen LogP) is 5.10. The lowest BCUT2D eigenvalue weighted by Crippen LogP contribution is -2.20. The Kier molecular flexibility index (Phi) is 4.65. The fourth-order valence-corrected chi connectivity index (χ4v) is 4.98. The topological polar surface area (TPSA) is 63.0 Å². The maximum Gasteiger partial charge on any atom is 0.248 e. The minimum atomic E-state index is -0.270. The molecular formula is C24H25FN4O. The first kappa shape index (κ1) is 19.0. The van der Waals surface area contributed by atoms with Gasteiger partial charge in [0, 0.05) is 22.9 Å². The smallest absolute Gasteiger partial charge is 0.248 e. The van der Waals surface area contributed by atoms with Gasteiger partial charge in [0.15, 0.2) is 5.65 Å². The first-order chi connectivity index (χ1) is 14.5. The van der Waals surface area contributed by atoms with Crippen LogP contribution < -0.4 is 5.56 Å². The molecule has 1 N–H and O–H groups in total. The third-order valence-electron chi connectivity index (χ3n) is 6.69. The summed E-state index contributed by atoms with van der Waals surface area (Å²) in [6.07, 6.45) is 6.17. The van der Waals surface area contributed by atoms with Crippen molar-refractivity contribution in [1.82, 2.24) is 19.6 Å². The normalized spacial score (nSPS) is 20.6. The molecule has 6 heteroatoms. The molecule has 154 valence electrons. The van der Waals surface area contributed by atoms with Gasteiger partial charge in [0.2, 0.25) is 5.56 Å². The molecule has 0 saturated heterocycles. The molecule has 0 spiro atoms. The number of hydrogen-bond donors (Lipinski definition) is 1. The van der Waals surface area contributed by atoms with Crippen LogP contribution in [0.4, 0.5) is 4.39 Å². The summed E-state index contributed by atoms with van der Waals surface area (Å²) in [4.78, 5) is 19.7. The molecular weight excluding hydrogens is 379 g/mol. The summed E-state index contributed by atoms with van der Waals surface area (Å²) in [5, 5.41) is 5.34. The van der Waals surface area contributed by atoms with Crippen LogP contribution in [0.5, 0.6) is 0 Å². The van der Waals surface area contributed by atoms with Crippen molar-refractivity contribution in [2.45, 2.75) is 51.4 Å². The summed E-state index contributed by atoms with van der Waals surface area (Å²) in [5.74, 6) is 0.901. The van der Waals surface area contributed by atoms with E-state index >= 15 is 0 Å². The van der Waals surface area contributed by atoms with Crippen molar-refractivity contribution < 1.29 is 4.39 Å². The number of benzene rings is 1. The fraction of sp³-hybridized carbons (Fsp3) is 0.375. The number of aryl methyl sites for hydroxylation is 1. The lowest BCUT2D eigenvalue weighted by atomic mass is 9.73. The Hall–Kier alpha value is -3.02. The Bertz CT molecular complexity index is 1280. The molecule has 4 aromatic rings. The number of hydrogen-bond acceptors (Lipinski definition) is 3. The first-order valence-corrected chi connectivity index (χ1v) is 10.6. The van der Waals surface area contributed by atoms with Gasteiger partial charge in [-0.05, 0) is 80.3 Å². The monoisotopic (exact) mass is 404 g/mol. The van der Waals surface area contributed by atoms with Crippen LogP contribution in [0, 0.1) is 18.7 Å². The highest BCUT2D eigenvalue weighted by Crippen LogP contribution is 2.42. The van der Waals surface area contributed by atoms with Crippen molar-refractivity contribution in [3.63, 3.8) is 0 Å². The lowest BCUT2D eigenvalue weighted by Gasteiger charge is -2.32. The van der Waals surface area contributed by atoms with Crippen LogP contribution in [0.25, 0.3) is 16.6 Å². The Morgan fingerprint density at radius 2 is 1.93 bits per heavy atom. The highest BCUT2D eigenvalue weighted by molar-refractivity contribution is 5.82. The van der Waals surface area contributed by atoms with Crippen LogP contribution in [-0.2, 0) is 0 Å². The van der Waals surface area contributed by atoms with E-state index in [4.69, 9.17) is 4.98 Å². The second kappa shape index (κ2) is 7.35. The first-order valence-electron chi connectivity index (χ1n) is 10.6. The van der Waals surface area contributed by atoms with Gasteiger partial charge in [0.1, 0.15) is 5.82 Å². The molecule has 5 nitrogen and oxygen atoms in total. The minimum Gasteiger partial charge on any atom is -0.322 e. The highest BCUT2D eigenvalue weighted by atomic mass is 19.1. The number of H-pyrrole nitrogens is 1. The average Bonchev–Trinajstić information content (AvgIpc) is 3.16. The van der Waals surface area contributed by atoms with E-state index in [-0.39, 0.29) is 17.3 Å². The maximum absolute atomic E-state index is 13.8. The van der Waals surface area contributed by atoms with Gasteiger partial charge >= 0.3 is 0 Å². The van der Waals surface area contributed by atoms with E-state index in [9.17, 15) is 9.18 Å². The highest BCUT2D eigenvalue weighted by Gasteiger charge is 2.29. The zero-order valence-corrected chi connectivity index (χ0v) is 17.2. The average molecular weight is 404 g/mol. The van der Waals surface area contributed by atoms with Crippen LogP contribution >= 0.6 is 0 Å². The van der Waals surface area contributed by atoms with E-state index in [2.05, 4.69) is 17.0 Å². The summed E-state index contributed by atoms with van der Waals surface area (Å²) in [6.45, 7) is 4.23. The third kappa shape index (κ3) is 3.40. The van der Waals surface area contributed by atoms with Gasteiger partial charge < -0.3 is 4.98 Å². The van der Waals surface area contributed by atoms with Crippen LogP contribution in [0.2, 0.25) is 0 Å². The number of rotatable bonds is 3. The van der Waals surface area contributed by atoms with Gasteiger partial charge in [-0.2, -0.15) is 5.10 Å². The number of fused-ring (bicyclic) bond motifs is 2. The molecule has 0 radical (unpaired) electrons. The van der Waals surface area contributed by atoms with Gasteiger partial charge in [-0.25, -0.2) is 13.9 Å². The zero-order chi connectivity index (χ0) is 20.8. The van der Waals surface area contributed by atoms with Crippen molar-refractivity contribution in [3.8, 4) is 0 Å². The molecule has 1 fully saturated rings. The molecule has 1 aliphatic carbocycles. The number of aromatic amines is 1. The van der Waals surface area contributed by atoms with E-state index in [1.54, 1.807) is 18.2 Å². The van der Waals surface area contributed by atoms with Crippen molar-refractivity contribution in [2.24, 2.45) is 5.92 Å². The third-order valence-corrected chi connectivity index (χ3v) is 6.69. The minimum absolute atomic E-state index is 0.118. The van der Waals surface area contributed by atoms with Crippen LogP contribution in [-0.4, -0.2) is 19.6 Å². The second-order valence-corrected chi connectivity index (χ2v) is 8.62. The maximum atomic E-state index is 13.8. The molecule has 1 aromatic carbocycles. The van der Waals surface area contributed by atoms with Crippen LogP contribution in [0.15, 0.2) is 47.4 Å². The van der Waals surface area contributed by atoms with Crippen molar-refractivity contribution >= 4 is 16.6 Å². The molecule has 0 aliphatic heterocycles. The number of aromatic nitrogens is 4. The SMILES string of the molecule is Cc1ccc2nc([C@H](C)C3CCC(c4cc(=O)[nH]c5ccc(F)cc45)CC3)cn2n1. The van der Waals surface area contributed by atoms with Crippen molar-refractivity contribution in [3.05, 3.63) is 75.7 Å². The van der Waals surface area contributed by atoms with Gasteiger partial charge in [-0.1, -0.05) is 6.92 Å². The summed E-state index contributed by atoms with van der Waals surface area (Å²) < 4.78 is 15.7. The van der Waals surface area contributed by atoms with Crippen LogP contribution in [0.1, 0.15) is 61.4 Å². The Morgan fingerprint density at radius 3 is 2.73 bits per heavy atom. The Morgan fingerprint density at radius 1 is 1.13 bits per heavy atom. The predicted molar refractivity (Wildman–Crippen MR) is 115 cm³/mol. The molecule has 3 aromatic heterocycles. The Balaban J connectivity index is 1.36. The fourth-order valence-electron chi connectivity index (χ4n) is 4.98. The second-order valence-electron chi connectivity index (χ2n) is 8.62. The van der Waals surface area contributed by atoms with Crippen molar-refractivity contribution in [2.75, 3.05) is 0 Å². The largest absolute Gasteiger partial charge is 0.322 e. The van der Waals surface area contributed by atoms with E-state index in [1.165, 1.54) is 6.07 Å². The quantitative estimate of drug-likeness (QED) is 0.517. The summed E-state index contributed by atoms with van der Waals surface area (Å²) >= 11 is 0. The van der Waals surface area contributed by atoms with Crippen molar-refractivity contribution in [1.29, 1.82) is 0 Å². The zero-order valence-electron chi connectivity index (χ0n) is 17.2. The molecule has 5 rings (SSSR count). The molecule has 3 heterocycles. The van der Waals surface area contributed by atoms with Crippen LogP contribution in [0.3, 0.4) is 0 Å². The molecule has 1 aliphatic rings. The van der Waals surface area contributed by atoms with E-state index < -0.39 is 0 Å². The number of pyridine rings is 1. The summed E-state index contributed by atoms with van der Waals surface area (Å²) in [5.41, 5.74) is 4.51. The van der Waals surface area contributed by atoms with Gasteiger partial charge in [0.05, 0.1) is 17.6 Å². The van der Waals surface area contributed by atoms with E-state index in [1.807, 2.05) is 29.8 Å². The number of imidazole rings is 1. The van der Waals surface area contributed by atoms with Gasteiger partial charge in [-0.15, -0.1) is 0 Å². The molecule has 1 atom stereocenters. The summed E-state index contributed by atoms with van der Waals surface area (Å²) in [7, 11) is 0. The number of nitrogens with one attached hydrogen (secondary N) is 1. The van der Waals surface area contributed by atoms with Gasteiger partial charge in [-0.3, -0.25) is 4.79 Å². The Labute approximate surface area is 174 Å². The number of halogens is 1. The molecule has 30 heavy (non-hydrogen) atoms. The lowest BCUT2D eigenvalue weighted by molar-refractivity contribution is 0.289. The summed E-state index contributed by atoms with van der Waals surface area (Å²) in [6, 6.07) is 10.2. The molecule has 0 unspecified atom stereocenters.